The van der Waals surface area contributed by atoms with Gasteiger partial charge in [-0.3, -0.25) is 0 Å². The molecule has 0 radical (unpaired) electrons. The molecule has 0 fully saturated rings. The van der Waals surface area contributed by atoms with Crippen molar-refractivity contribution >= 4 is 23.6 Å². The fourth-order valence-corrected chi connectivity index (χ4v) is 1.96. The number of urea groups is 1. The number of halogens is 1. The highest BCUT2D eigenvalue weighted by Crippen LogP contribution is 2.24. The van der Waals surface area contributed by atoms with E-state index >= 15 is 0 Å². The first kappa shape index (κ1) is 17.3. The Labute approximate surface area is 129 Å². The van der Waals surface area contributed by atoms with Gasteiger partial charge >= 0.3 is 12.0 Å². The van der Waals surface area contributed by atoms with Gasteiger partial charge < -0.3 is 15.3 Å². The maximum Gasteiger partial charge on any atom is 0.331 e. The molecule has 1 aromatic rings. The molecule has 0 saturated heterocycles. The van der Waals surface area contributed by atoms with Crippen molar-refractivity contribution in [3.8, 4) is 0 Å². The lowest BCUT2D eigenvalue weighted by Crippen LogP contribution is -2.51. The maximum absolute atomic E-state index is 12.3. The first-order valence-electron chi connectivity index (χ1n) is 6.72. The molecule has 1 aromatic carbocycles. The summed E-state index contributed by atoms with van der Waals surface area (Å²) in [6.07, 6.45) is 0.751. The zero-order chi connectivity index (χ0) is 16.2. The van der Waals surface area contributed by atoms with E-state index in [1.54, 1.807) is 31.3 Å². The third-order valence-corrected chi connectivity index (χ3v) is 4.15. The molecule has 0 spiro atoms. The van der Waals surface area contributed by atoms with Gasteiger partial charge in [0.05, 0.1) is 0 Å². The summed E-state index contributed by atoms with van der Waals surface area (Å²) in [6, 6.07) is 4.95. The van der Waals surface area contributed by atoms with Crippen molar-refractivity contribution in [2.24, 2.45) is 0 Å². The van der Waals surface area contributed by atoms with Crippen molar-refractivity contribution in [2.45, 2.75) is 38.8 Å². The van der Waals surface area contributed by atoms with E-state index in [0.717, 1.165) is 6.42 Å². The second-order valence-electron chi connectivity index (χ2n) is 5.47. The molecule has 6 heteroatoms. The van der Waals surface area contributed by atoms with Gasteiger partial charge in [-0.25, -0.2) is 9.59 Å². The molecule has 0 heterocycles. The standard InChI is InChI=1S/C15H21ClN2O3/c1-5-15(2,3)18(4)14(21)17-12(13(19)20)10-8-6-7-9-11(10)16/h6-9,12H,5H2,1-4H3,(H,17,21)(H,19,20)/t12-/m1/s1. The number of nitrogens with zero attached hydrogens (tertiary/aromatic N) is 1. The van der Waals surface area contributed by atoms with Gasteiger partial charge in [0.1, 0.15) is 0 Å². The SMILES string of the molecule is CCC(C)(C)N(C)C(=O)N[C@@H](C(=O)O)c1ccccc1Cl. The Bertz CT molecular complexity index is 531. The van der Waals surface area contributed by atoms with E-state index in [0.29, 0.717) is 10.6 Å². The fraction of sp³-hybridized carbons (Fsp3) is 0.467. The summed E-state index contributed by atoms with van der Waals surface area (Å²) < 4.78 is 0. The number of benzene rings is 1. The fourth-order valence-electron chi connectivity index (χ4n) is 1.71. The predicted octanol–water partition coefficient (Wildman–Crippen LogP) is 3.30. The van der Waals surface area contributed by atoms with Crippen LogP contribution in [0.3, 0.4) is 0 Å². The molecule has 2 N–H and O–H groups in total. The van der Waals surface area contributed by atoms with E-state index in [-0.39, 0.29) is 5.54 Å². The molecular weight excluding hydrogens is 292 g/mol. The lowest BCUT2D eigenvalue weighted by Gasteiger charge is -2.35. The Balaban J connectivity index is 2.98. The van der Waals surface area contributed by atoms with Crippen molar-refractivity contribution in [1.82, 2.24) is 10.2 Å². The van der Waals surface area contributed by atoms with E-state index in [2.05, 4.69) is 5.32 Å². The molecule has 1 rings (SSSR count). The van der Waals surface area contributed by atoms with E-state index in [1.165, 1.54) is 4.90 Å². The number of carboxylic acids is 1. The summed E-state index contributed by atoms with van der Waals surface area (Å²) >= 11 is 6.02. The Kier molecular flexibility index (Phi) is 5.61. The van der Waals surface area contributed by atoms with Crippen LogP contribution in [-0.4, -0.2) is 34.6 Å². The van der Waals surface area contributed by atoms with Gasteiger partial charge in [0, 0.05) is 23.2 Å². The minimum absolute atomic E-state index is 0.308. The molecule has 0 aliphatic heterocycles. The number of carbonyl (C=O) groups excluding carboxylic acids is 1. The molecule has 0 bridgehead atoms. The first-order valence-corrected chi connectivity index (χ1v) is 7.10. The molecule has 0 aliphatic rings. The average molecular weight is 313 g/mol. The van der Waals surface area contributed by atoms with Crippen molar-refractivity contribution in [3.05, 3.63) is 34.9 Å². The summed E-state index contributed by atoms with van der Waals surface area (Å²) in [5.41, 5.74) is -0.00381. The Morgan fingerprint density at radius 2 is 1.95 bits per heavy atom. The number of aliphatic carboxylic acids is 1. The Morgan fingerprint density at radius 3 is 2.43 bits per heavy atom. The zero-order valence-electron chi connectivity index (χ0n) is 12.7. The van der Waals surface area contributed by atoms with Gasteiger partial charge in [0.2, 0.25) is 0 Å². The minimum Gasteiger partial charge on any atom is -0.479 e. The van der Waals surface area contributed by atoms with Crippen LogP contribution in [0, 0.1) is 0 Å². The average Bonchev–Trinajstić information content (AvgIpc) is 2.44. The molecule has 116 valence electrons. The van der Waals surface area contributed by atoms with Crippen LogP contribution >= 0.6 is 11.6 Å². The van der Waals surface area contributed by atoms with Crippen LogP contribution in [0.2, 0.25) is 5.02 Å². The third-order valence-electron chi connectivity index (χ3n) is 3.81. The van der Waals surface area contributed by atoms with Gasteiger partial charge in [0.15, 0.2) is 6.04 Å². The second-order valence-corrected chi connectivity index (χ2v) is 5.87. The predicted molar refractivity (Wildman–Crippen MR) is 82.5 cm³/mol. The highest BCUT2D eigenvalue weighted by Gasteiger charge is 2.30. The van der Waals surface area contributed by atoms with Crippen LogP contribution in [0.15, 0.2) is 24.3 Å². The molecule has 5 nitrogen and oxygen atoms in total. The third kappa shape index (κ3) is 4.11. The zero-order valence-corrected chi connectivity index (χ0v) is 13.4. The molecular formula is C15H21ClN2O3. The minimum atomic E-state index is -1.18. The van der Waals surface area contributed by atoms with Crippen molar-refractivity contribution in [3.63, 3.8) is 0 Å². The van der Waals surface area contributed by atoms with Gasteiger partial charge in [0.25, 0.3) is 0 Å². The number of hydrogen-bond acceptors (Lipinski definition) is 2. The summed E-state index contributed by atoms with van der Waals surface area (Å²) in [5, 5.41) is 12.2. The van der Waals surface area contributed by atoms with Crippen LogP contribution in [0.5, 0.6) is 0 Å². The normalized spacial score (nSPS) is 12.6. The molecule has 0 aromatic heterocycles. The lowest BCUT2D eigenvalue weighted by molar-refractivity contribution is -0.139. The topological polar surface area (TPSA) is 69.6 Å². The number of amides is 2. The molecule has 1 atom stereocenters. The molecule has 0 saturated carbocycles. The number of hydrogen-bond donors (Lipinski definition) is 2. The largest absolute Gasteiger partial charge is 0.479 e. The van der Waals surface area contributed by atoms with E-state index in [4.69, 9.17) is 11.6 Å². The monoisotopic (exact) mass is 312 g/mol. The highest BCUT2D eigenvalue weighted by atomic mass is 35.5. The van der Waals surface area contributed by atoms with Crippen molar-refractivity contribution < 1.29 is 14.7 Å². The number of carboxylic acid groups (broad SMARTS) is 1. The molecule has 21 heavy (non-hydrogen) atoms. The van der Waals surface area contributed by atoms with Crippen LogP contribution in [-0.2, 0) is 4.79 Å². The van der Waals surface area contributed by atoms with Gasteiger partial charge in [-0.15, -0.1) is 0 Å². The van der Waals surface area contributed by atoms with Crippen molar-refractivity contribution in [2.75, 3.05) is 7.05 Å². The lowest BCUT2D eigenvalue weighted by atomic mass is 10.0. The Morgan fingerprint density at radius 1 is 1.38 bits per heavy atom. The molecule has 0 unspecified atom stereocenters. The maximum atomic E-state index is 12.3. The number of carbonyl (C=O) groups is 2. The van der Waals surface area contributed by atoms with E-state index in [1.807, 2.05) is 20.8 Å². The number of nitrogens with one attached hydrogen (secondary N) is 1. The molecule has 0 aliphatic carbocycles. The van der Waals surface area contributed by atoms with E-state index in [9.17, 15) is 14.7 Å². The van der Waals surface area contributed by atoms with Crippen LogP contribution in [0.1, 0.15) is 38.8 Å². The summed E-state index contributed by atoms with van der Waals surface area (Å²) in [4.78, 5) is 25.2. The first-order chi connectivity index (χ1) is 9.70. The van der Waals surface area contributed by atoms with Crippen LogP contribution in [0.4, 0.5) is 4.79 Å². The van der Waals surface area contributed by atoms with E-state index < -0.39 is 18.0 Å². The van der Waals surface area contributed by atoms with Crippen LogP contribution in [0.25, 0.3) is 0 Å². The smallest absolute Gasteiger partial charge is 0.331 e. The van der Waals surface area contributed by atoms with Gasteiger partial charge in [-0.1, -0.05) is 36.7 Å². The summed E-state index contributed by atoms with van der Waals surface area (Å²) in [5.74, 6) is -1.15. The van der Waals surface area contributed by atoms with Gasteiger partial charge in [-0.05, 0) is 26.3 Å². The number of rotatable bonds is 5. The second kappa shape index (κ2) is 6.80. The summed E-state index contributed by atoms with van der Waals surface area (Å²) in [6.45, 7) is 5.79. The molecule has 2 amide bonds. The Hall–Kier alpha value is -1.75. The highest BCUT2D eigenvalue weighted by molar-refractivity contribution is 6.31. The van der Waals surface area contributed by atoms with Crippen molar-refractivity contribution in [1.29, 1.82) is 0 Å². The van der Waals surface area contributed by atoms with Gasteiger partial charge in [-0.2, -0.15) is 0 Å². The quantitative estimate of drug-likeness (QED) is 0.876. The van der Waals surface area contributed by atoms with Crippen LogP contribution < -0.4 is 5.32 Å². The summed E-state index contributed by atoms with van der Waals surface area (Å²) in [7, 11) is 1.64.